The number of carbonyl (C=O) groups is 1. The van der Waals surface area contributed by atoms with Gasteiger partial charge in [0, 0.05) is 11.7 Å². The third-order valence-corrected chi connectivity index (χ3v) is 4.64. The molecule has 25 heavy (non-hydrogen) atoms. The van der Waals surface area contributed by atoms with Crippen molar-refractivity contribution in [3.8, 4) is 5.75 Å². The Morgan fingerprint density at radius 3 is 2.92 bits per heavy atom. The molecule has 5 heteroatoms. The van der Waals surface area contributed by atoms with Crippen molar-refractivity contribution >= 4 is 11.6 Å². The summed E-state index contributed by atoms with van der Waals surface area (Å²) in [4.78, 5) is 14.5. The average molecular weight is 342 g/mol. The van der Waals surface area contributed by atoms with Crippen LogP contribution in [0.4, 0.5) is 10.1 Å². The van der Waals surface area contributed by atoms with Gasteiger partial charge in [-0.2, -0.15) is 0 Å². The highest BCUT2D eigenvalue weighted by Gasteiger charge is 2.27. The van der Waals surface area contributed by atoms with Gasteiger partial charge in [0.1, 0.15) is 11.6 Å². The molecule has 1 atom stereocenters. The molecule has 0 aromatic heterocycles. The number of nitrogens with one attached hydrogen (secondary N) is 1. The minimum atomic E-state index is -0.312. The number of anilines is 1. The molecular formula is C20H23FN2O2. The van der Waals surface area contributed by atoms with Gasteiger partial charge in [-0.3, -0.25) is 9.69 Å². The summed E-state index contributed by atoms with van der Waals surface area (Å²) in [7, 11) is 1.65. The van der Waals surface area contributed by atoms with Gasteiger partial charge in [-0.25, -0.2) is 4.39 Å². The second kappa shape index (κ2) is 7.66. The van der Waals surface area contributed by atoms with E-state index in [0.29, 0.717) is 11.3 Å². The molecule has 4 nitrogen and oxygen atoms in total. The molecule has 0 aliphatic carbocycles. The summed E-state index contributed by atoms with van der Waals surface area (Å²) < 4.78 is 18.9. The van der Waals surface area contributed by atoms with Crippen LogP contribution in [0.2, 0.25) is 0 Å². The number of benzene rings is 2. The van der Waals surface area contributed by atoms with Crippen LogP contribution in [0.1, 0.15) is 30.0 Å². The molecule has 1 heterocycles. The Morgan fingerprint density at radius 2 is 2.16 bits per heavy atom. The van der Waals surface area contributed by atoms with Crippen molar-refractivity contribution in [1.29, 1.82) is 0 Å². The van der Waals surface area contributed by atoms with Gasteiger partial charge in [-0.05, 0) is 61.7 Å². The van der Waals surface area contributed by atoms with E-state index in [9.17, 15) is 9.18 Å². The molecule has 2 aromatic rings. The molecule has 1 amide bonds. The molecule has 1 saturated heterocycles. The van der Waals surface area contributed by atoms with Gasteiger partial charge >= 0.3 is 0 Å². The van der Waals surface area contributed by atoms with E-state index in [2.05, 4.69) is 16.3 Å². The topological polar surface area (TPSA) is 41.6 Å². The molecule has 1 N–H and O–H groups in total. The molecule has 1 unspecified atom stereocenters. The zero-order valence-electron chi connectivity index (χ0n) is 14.6. The SMILES string of the molecule is COc1cccc(C2CCCN2CC(=O)Nc2ccc(C)c(F)c2)c1. The Hall–Kier alpha value is -2.40. The smallest absolute Gasteiger partial charge is 0.238 e. The fraction of sp³-hybridized carbons (Fsp3) is 0.350. The normalized spacial score (nSPS) is 17.5. The van der Waals surface area contributed by atoms with E-state index in [0.717, 1.165) is 30.7 Å². The Bertz CT molecular complexity index is 763. The van der Waals surface area contributed by atoms with Crippen LogP contribution in [-0.2, 0) is 4.79 Å². The summed E-state index contributed by atoms with van der Waals surface area (Å²) >= 11 is 0. The Balaban J connectivity index is 1.66. The van der Waals surface area contributed by atoms with Crippen LogP contribution in [0.15, 0.2) is 42.5 Å². The standard InChI is InChI=1S/C20H23FN2O2/c1-14-8-9-16(12-18(14)21)22-20(24)13-23-10-4-7-19(23)15-5-3-6-17(11-15)25-2/h3,5-6,8-9,11-12,19H,4,7,10,13H2,1-2H3,(H,22,24). The summed E-state index contributed by atoms with van der Waals surface area (Å²) in [5.74, 6) is 0.384. The fourth-order valence-electron chi connectivity index (χ4n) is 3.30. The molecule has 1 aliphatic heterocycles. The van der Waals surface area contributed by atoms with Gasteiger partial charge in [-0.15, -0.1) is 0 Å². The Labute approximate surface area is 147 Å². The lowest BCUT2D eigenvalue weighted by Gasteiger charge is -2.24. The fourth-order valence-corrected chi connectivity index (χ4v) is 3.30. The van der Waals surface area contributed by atoms with Gasteiger partial charge in [-0.1, -0.05) is 18.2 Å². The maximum absolute atomic E-state index is 13.6. The molecule has 0 saturated carbocycles. The predicted molar refractivity (Wildman–Crippen MR) is 96.3 cm³/mol. The van der Waals surface area contributed by atoms with E-state index in [1.54, 1.807) is 26.2 Å². The third-order valence-electron chi connectivity index (χ3n) is 4.64. The number of nitrogens with zero attached hydrogens (tertiary/aromatic N) is 1. The van der Waals surface area contributed by atoms with Crippen LogP contribution in [-0.4, -0.2) is 31.0 Å². The van der Waals surface area contributed by atoms with Crippen molar-refractivity contribution in [3.05, 3.63) is 59.4 Å². The molecule has 2 aromatic carbocycles. The first kappa shape index (κ1) is 17.4. The lowest BCUT2D eigenvalue weighted by molar-refractivity contribution is -0.117. The quantitative estimate of drug-likeness (QED) is 0.895. The summed E-state index contributed by atoms with van der Waals surface area (Å²) in [5, 5.41) is 2.79. The first-order chi connectivity index (χ1) is 12.1. The molecular weight excluding hydrogens is 319 g/mol. The zero-order valence-corrected chi connectivity index (χ0v) is 14.6. The maximum atomic E-state index is 13.6. The first-order valence-corrected chi connectivity index (χ1v) is 8.51. The van der Waals surface area contributed by atoms with E-state index in [1.807, 2.05) is 18.2 Å². The van der Waals surface area contributed by atoms with Crippen LogP contribution in [0, 0.1) is 12.7 Å². The van der Waals surface area contributed by atoms with E-state index in [4.69, 9.17) is 4.74 Å². The second-order valence-corrected chi connectivity index (χ2v) is 6.42. The number of hydrogen-bond donors (Lipinski definition) is 1. The highest BCUT2D eigenvalue weighted by Crippen LogP contribution is 2.33. The minimum Gasteiger partial charge on any atom is -0.497 e. The average Bonchev–Trinajstić information content (AvgIpc) is 3.06. The number of carbonyl (C=O) groups excluding carboxylic acids is 1. The predicted octanol–water partition coefficient (Wildman–Crippen LogP) is 3.92. The molecule has 0 radical (unpaired) electrons. The van der Waals surface area contributed by atoms with Crippen LogP contribution >= 0.6 is 0 Å². The Kier molecular flexibility index (Phi) is 5.34. The maximum Gasteiger partial charge on any atom is 0.238 e. The molecule has 1 fully saturated rings. The van der Waals surface area contributed by atoms with Gasteiger partial charge < -0.3 is 10.1 Å². The highest BCUT2D eigenvalue weighted by atomic mass is 19.1. The van der Waals surface area contributed by atoms with Crippen molar-refractivity contribution < 1.29 is 13.9 Å². The van der Waals surface area contributed by atoms with E-state index >= 15 is 0 Å². The molecule has 1 aliphatic rings. The van der Waals surface area contributed by atoms with Crippen molar-refractivity contribution in [1.82, 2.24) is 4.90 Å². The van der Waals surface area contributed by atoms with Gasteiger partial charge in [0.2, 0.25) is 5.91 Å². The Morgan fingerprint density at radius 1 is 1.32 bits per heavy atom. The van der Waals surface area contributed by atoms with Crippen LogP contribution in [0.25, 0.3) is 0 Å². The van der Waals surface area contributed by atoms with Crippen LogP contribution in [0.5, 0.6) is 5.75 Å². The van der Waals surface area contributed by atoms with Gasteiger partial charge in [0.05, 0.1) is 13.7 Å². The second-order valence-electron chi connectivity index (χ2n) is 6.42. The summed E-state index contributed by atoms with van der Waals surface area (Å²) in [6.45, 7) is 2.86. The van der Waals surface area contributed by atoms with Gasteiger partial charge in [0.15, 0.2) is 0 Å². The number of aryl methyl sites for hydroxylation is 1. The number of likely N-dealkylation sites (tertiary alicyclic amines) is 1. The largest absolute Gasteiger partial charge is 0.497 e. The zero-order chi connectivity index (χ0) is 17.8. The number of methoxy groups -OCH3 is 1. The van der Waals surface area contributed by atoms with Gasteiger partial charge in [0.25, 0.3) is 0 Å². The number of rotatable bonds is 5. The van der Waals surface area contributed by atoms with Crippen LogP contribution < -0.4 is 10.1 Å². The van der Waals surface area contributed by atoms with Crippen molar-refractivity contribution in [2.45, 2.75) is 25.8 Å². The lowest BCUT2D eigenvalue weighted by atomic mass is 10.0. The molecule has 0 spiro atoms. The molecule has 0 bridgehead atoms. The van der Waals surface area contributed by atoms with Crippen molar-refractivity contribution in [3.63, 3.8) is 0 Å². The monoisotopic (exact) mass is 342 g/mol. The van der Waals surface area contributed by atoms with Crippen molar-refractivity contribution in [2.24, 2.45) is 0 Å². The van der Waals surface area contributed by atoms with Crippen LogP contribution in [0.3, 0.4) is 0 Å². The molecule has 3 rings (SSSR count). The molecule has 132 valence electrons. The van der Waals surface area contributed by atoms with E-state index in [-0.39, 0.29) is 24.3 Å². The lowest BCUT2D eigenvalue weighted by Crippen LogP contribution is -2.33. The third kappa shape index (κ3) is 4.17. The number of ether oxygens (including phenoxy) is 1. The van der Waals surface area contributed by atoms with E-state index in [1.165, 1.54) is 6.07 Å². The number of hydrogen-bond acceptors (Lipinski definition) is 3. The summed E-state index contributed by atoms with van der Waals surface area (Å²) in [6, 6.07) is 12.9. The van der Waals surface area contributed by atoms with E-state index < -0.39 is 0 Å². The number of halogens is 1. The highest BCUT2D eigenvalue weighted by molar-refractivity contribution is 5.92. The summed E-state index contributed by atoms with van der Waals surface area (Å²) in [6.07, 6.45) is 2.06. The number of amides is 1. The summed E-state index contributed by atoms with van der Waals surface area (Å²) in [5.41, 5.74) is 2.21. The van der Waals surface area contributed by atoms with Crippen molar-refractivity contribution in [2.75, 3.05) is 25.5 Å². The first-order valence-electron chi connectivity index (χ1n) is 8.51. The minimum absolute atomic E-state index is 0.127.